The zero-order valence-corrected chi connectivity index (χ0v) is 12.2. The summed E-state index contributed by atoms with van der Waals surface area (Å²) in [5.41, 5.74) is 8.60. The maximum atomic E-state index is 11.0. The van der Waals surface area contributed by atoms with E-state index >= 15 is 0 Å². The van der Waals surface area contributed by atoms with E-state index in [1.807, 2.05) is 31.2 Å². The second-order valence-electron chi connectivity index (χ2n) is 5.02. The fourth-order valence-corrected chi connectivity index (χ4v) is 2.32. The lowest BCUT2D eigenvalue weighted by Crippen LogP contribution is -2.20. The van der Waals surface area contributed by atoms with Gasteiger partial charge in [0.2, 0.25) is 5.91 Å². The van der Waals surface area contributed by atoms with Gasteiger partial charge < -0.3 is 5.73 Å². The topological polar surface area (TPSA) is 43.1 Å². The molecule has 2 rings (SSSR count). The molecule has 0 fully saturated rings. The molecule has 1 amide bonds. The molecule has 0 radical (unpaired) electrons. The van der Waals surface area contributed by atoms with Gasteiger partial charge in [-0.3, -0.25) is 4.79 Å². The summed E-state index contributed by atoms with van der Waals surface area (Å²) in [6.45, 7) is 1.86. The highest BCUT2D eigenvalue weighted by molar-refractivity contribution is 6.33. The first kappa shape index (κ1) is 14.6. The van der Waals surface area contributed by atoms with E-state index in [4.69, 9.17) is 17.3 Å². The lowest BCUT2D eigenvalue weighted by molar-refractivity contribution is -0.121. The largest absolute Gasteiger partial charge is 0.369 e. The Kier molecular flexibility index (Phi) is 4.80. The fraction of sp³-hybridized carbons (Fsp3) is 0.235. The minimum absolute atomic E-state index is 0.0850. The van der Waals surface area contributed by atoms with Gasteiger partial charge in [0.05, 0.1) is 0 Å². The summed E-state index contributed by atoms with van der Waals surface area (Å²) >= 11 is 6.18. The van der Waals surface area contributed by atoms with Crippen LogP contribution in [-0.4, -0.2) is 5.91 Å². The van der Waals surface area contributed by atoms with Crippen molar-refractivity contribution in [2.24, 2.45) is 11.7 Å². The van der Waals surface area contributed by atoms with E-state index < -0.39 is 0 Å². The van der Waals surface area contributed by atoms with Crippen molar-refractivity contribution in [1.29, 1.82) is 0 Å². The number of aryl methyl sites for hydroxylation is 1. The van der Waals surface area contributed by atoms with E-state index in [1.54, 1.807) is 0 Å². The van der Waals surface area contributed by atoms with Crippen molar-refractivity contribution in [1.82, 2.24) is 0 Å². The van der Waals surface area contributed by atoms with Crippen molar-refractivity contribution in [3.05, 3.63) is 59.1 Å². The van der Waals surface area contributed by atoms with E-state index in [0.717, 1.165) is 29.0 Å². The van der Waals surface area contributed by atoms with Gasteiger partial charge in [-0.1, -0.05) is 61.0 Å². The van der Waals surface area contributed by atoms with Gasteiger partial charge in [-0.2, -0.15) is 0 Å². The minimum atomic E-state index is -0.238. The molecule has 0 heterocycles. The number of hydrogen-bond donors (Lipinski definition) is 1. The molecule has 2 aromatic carbocycles. The van der Waals surface area contributed by atoms with Crippen LogP contribution in [0.3, 0.4) is 0 Å². The molecule has 0 bridgehead atoms. The third-order valence-corrected chi connectivity index (χ3v) is 3.82. The van der Waals surface area contributed by atoms with Gasteiger partial charge in [-0.25, -0.2) is 0 Å². The summed E-state index contributed by atoms with van der Waals surface area (Å²) in [5, 5.41) is 0.752. The third-order valence-electron chi connectivity index (χ3n) is 3.49. The molecule has 1 atom stereocenters. The van der Waals surface area contributed by atoms with Gasteiger partial charge in [-0.15, -0.1) is 0 Å². The molecule has 2 aromatic rings. The van der Waals surface area contributed by atoms with E-state index in [2.05, 4.69) is 24.3 Å². The average molecular weight is 288 g/mol. The van der Waals surface area contributed by atoms with Crippen molar-refractivity contribution < 1.29 is 4.79 Å². The molecule has 0 unspecified atom stereocenters. The first-order chi connectivity index (χ1) is 9.58. The molecule has 0 spiro atoms. The molecule has 0 aliphatic rings. The maximum absolute atomic E-state index is 11.0. The number of benzene rings is 2. The highest BCUT2D eigenvalue weighted by atomic mass is 35.5. The highest BCUT2D eigenvalue weighted by Gasteiger charge is 2.08. The number of nitrogens with two attached hydrogens (primary N) is 1. The van der Waals surface area contributed by atoms with E-state index in [0.29, 0.717) is 0 Å². The first-order valence-corrected chi connectivity index (χ1v) is 7.09. The van der Waals surface area contributed by atoms with Gasteiger partial charge in [0.1, 0.15) is 0 Å². The van der Waals surface area contributed by atoms with E-state index in [-0.39, 0.29) is 11.8 Å². The van der Waals surface area contributed by atoms with Crippen LogP contribution in [0, 0.1) is 5.92 Å². The first-order valence-electron chi connectivity index (χ1n) is 6.71. The van der Waals surface area contributed by atoms with Crippen LogP contribution in [0.2, 0.25) is 5.02 Å². The van der Waals surface area contributed by atoms with E-state index in [9.17, 15) is 4.79 Å². The molecule has 2 N–H and O–H groups in total. The molecule has 3 heteroatoms. The summed E-state index contributed by atoms with van der Waals surface area (Å²) < 4.78 is 0. The van der Waals surface area contributed by atoms with Crippen LogP contribution >= 0.6 is 11.6 Å². The Hall–Kier alpha value is -1.80. The molecule has 0 aromatic heterocycles. The van der Waals surface area contributed by atoms with Crippen LogP contribution in [0.4, 0.5) is 0 Å². The zero-order valence-electron chi connectivity index (χ0n) is 11.5. The lowest BCUT2D eigenvalue weighted by atomic mass is 9.98. The van der Waals surface area contributed by atoms with Gasteiger partial charge in [0.25, 0.3) is 0 Å². The molecule has 0 aliphatic carbocycles. The SMILES string of the molecule is C[C@H](CCc1ccc(-c2ccccc2Cl)cc1)C(N)=O. The Morgan fingerprint density at radius 2 is 1.80 bits per heavy atom. The van der Waals surface area contributed by atoms with E-state index in [1.165, 1.54) is 5.56 Å². The van der Waals surface area contributed by atoms with Crippen LogP contribution < -0.4 is 5.73 Å². The van der Waals surface area contributed by atoms with Gasteiger partial charge in [-0.05, 0) is 30.0 Å². The van der Waals surface area contributed by atoms with Gasteiger partial charge >= 0.3 is 0 Å². The predicted octanol–water partition coefficient (Wildman–Crippen LogP) is 4.06. The lowest BCUT2D eigenvalue weighted by Gasteiger charge is -2.08. The van der Waals surface area contributed by atoms with Crippen LogP contribution in [0.5, 0.6) is 0 Å². The summed E-state index contributed by atoms with van der Waals surface area (Å²) in [6.07, 6.45) is 1.63. The molecule has 2 nitrogen and oxygen atoms in total. The number of carbonyl (C=O) groups excluding carboxylic acids is 1. The second kappa shape index (κ2) is 6.58. The smallest absolute Gasteiger partial charge is 0.220 e. The van der Waals surface area contributed by atoms with Crippen molar-refractivity contribution >= 4 is 17.5 Å². The van der Waals surface area contributed by atoms with Crippen LogP contribution in [0.15, 0.2) is 48.5 Å². The second-order valence-corrected chi connectivity index (χ2v) is 5.43. The van der Waals surface area contributed by atoms with Crippen LogP contribution in [0.25, 0.3) is 11.1 Å². The Morgan fingerprint density at radius 1 is 1.15 bits per heavy atom. The molecule has 0 saturated heterocycles. The molecular weight excluding hydrogens is 270 g/mol. The normalized spacial score (nSPS) is 12.1. The summed E-state index contributed by atoms with van der Waals surface area (Å²) in [7, 11) is 0. The zero-order chi connectivity index (χ0) is 14.5. The average Bonchev–Trinajstić information content (AvgIpc) is 2.46. The number of amides is 1. The van der Waals surface area contributed by atoms with Crippen molar-refractivity contribution in [3.8, 4) is 11.1 Å². The number of rotatable bonds is 5. The molecule has 104 valence electrons. The van der Waals surface area contributed by atoms with Crippen molar-refractivity contribution in [3.63, 3.8) is 0 Å². The summed E-state index contributed by atoms with van der Waals surface area (Å²) in [6, 6.07) is 16.1. The predicted molar refractivity (Wildman–Crippen MR) is 83.6 cm³/mol. The Bertz CT molecular complexity index is 592. The maximum Gasteiger partial charge on any atom is 0.220 e. The van der Waals surface area contributed by atoms with Gasteiger partial charge in [0, 0.05) is 16.5 Å². The Morgan fingerprint density at radius 3 is 2.40 bits per heavy atom. The monoisotopic (exact) mass is 287 g/mol. The third kappa shape index (κ3) is 3.61. The standard InChI is InChI=1S/C17H18ClNO/c1-12(17(19)20)6-7-13-8-10-14(11-9-13)15-4-2-3-5-16(15)18/h2-5,8-12H,6-7H2,1H3,(H2,19,20)/t12-/m1/s1. The van der Waals surface area contributed by atoms with Crippen LogP contribution in [-0.2, 0) is 11.2 Å². The highest BCUT2D eigenvalue weighted by Crippen LogP contribution is 2.27. The molecule has 0 saturated carbocycles. The van der Waals surface area contributed by atoms with Gasteiger partial charge in [0.15, 0.2) is 0 Å². The number of halogens is 1. The van der Waals surface area contributed by atoms with Crippen LogP contribution in [0.1, 0.15) is 18.9 Å². The number of primary amides is 1. The van der Waals surface area contributed by atoms with Crippen molar-refractivity contribution in [2.75, 3.05) is 0 Å². The molecule has 20 heavy (non-hydrogen) atoms. The Balaban J connectivity index is 2.07. The molecule has 0 aliphatic heterocycles. The molecular formula is C17H18ClNO. The minimum Gasteiger partial charge on any atom is -0.369 e. The summed E-state index contributed by atoms with van der Waals surface area (Å²) in [4.78, 5) is 11.0. The fourth-order valence-electron chi connectivity index (χ4n) is 2.07. The summed E-state index contributed by atoms with van der Waals surface area (Å²) in [5.74, 6) is -0.323. The number of carbonyl (C=O) groups is 1. The van der Waals surface area contributed by atoms with Crippen molar-refractivity contribution in [2.45, 2.75) is 19.8 Å². The quantitative estimate of drug-likeness (QED) is 0.885. The Labute approximate surface area is 124 Å². The number of hydrogen-bond acceptors (Lipinski definition) is 1.